The van der Waals surface area contributed by atoms with Crippen molar-refractivity contribution in [3.8, 4) is 0 Å². The van der Waals surface area contributed by atoms with Crippen molar-refractivity contribution in [2.45, 2.75) is 13.0 Å². The molecule has 0 aliphatic rings. The summed E-state index contributed by atoms with van der Waals surface area (Å²) in [5.41, 5.74) is 3.67. The average molecular weight is 255 g/mol. The van der Waals surface area contributed by atoms with Gasteiger partial charge in [-0.1, -0.05) is 60.2 Å². The van der Waals surface area contributed by atoms with Gasteiger partial charge in [-0.3, -0.25) is 0 Å². The summed E-state index contributed by atoms with van der Waals surface area (Å²) in [6, 6.07) is 18.9. The smallest absolute Gasteiger partial charge is 0.108 e. The van der Waals surface area contributed by atoms with Gasteiger partial charge in [-0.2, -0.15) is 0 Å². The molecule has 1 N–H and O–H groups in total. The average Bonchev–Trinajstić information content (AvgIpc) is 2.45. The fourth-order valence-electron chi connectivity index (χ4n) is 2.12. The lowest BCUT2D eigenvalue weighted by Crippen LogP contribution is -2.17. The summed E-state index contributed by atoms with van der Waals surface area (Å²) in [7, 11) is 1.94. The monoisotopic (exact) mass is 255 g/mol. The fraction of sp³-hybridized carbons (Fsp3) is 0.294. The highest BCUT2D eigenvalue weighted by Crippen LogP contribution is 2.26. The first-order chi connectivity index (χ1) is 9.31. The molecule has 100 valence electrons. The van der Waals surface area contributed by atoms with Crippen molar-refractivity contribution in [3.05, 3.63) is 71.3 Å². The van der Waals surface area contributed by atoms with E-state index in [4.69, 9.17) is 4.74 Å². The molecule has 0 saturated heterocycles. The zero-order valence-electron chi connectivity index (χ0n) is 11.6. The Morgan fingerprint density at radius 2 is 1.74 bits per heavy atom. The molecule has 0 spiro atoms. The summed E-state index contributed by atoms with van der Waals surface area (Å²) >= 11 is 0. The van der Waals surface area contributed by atoms with Crippen LogP contribution in [0.15, 0.2) is 54.6 Å². The number of nitrogens with one attached hydrogen (secondary N) is 1. The van der Waals surface area contributed by atoms with Gasteiger partial charge in [-0.25, -0.2) is 0 Å². The molecule has 0 fully saturated rings. The number of hydrogen-bond acceptors (Lipinski definition) is 2. The molecule has 0 aliphatic carbocycles. The van der Waals surface area contributed by atoms with Crippen LogP contribution >= 0.6 is 0 Å². The van der Waals surface area contributed by atoms with Crippen LogP contribution < -0.4 is 5.32 Å². The molecule has 0 aliphatic heterocycles. The maximum absolute atomic E-state index is 6.05. The van der Waals surface area contributed by atoms with E-state index in [-0.39, 0.29) is 6.10 Å². The molecule has 0 aromatic heterocycles. The minimum atomic E-state index is 0.00875. The van der Waals surface area contributed by atoms with E-state index in [1.54, 1.807) is 0 Å². The quantitative estimate of drug-likeness (QED) is 0.799. The molecule has 2 heteroatoms. The first-order valence-electron chi connectivity index (χ1n) is 6.69. The Hall–Kier alpha value is -1.64. The van der Waals surface area contributed by atoms with Crippen molar-refractivity contribution in [1.29, 1.82) is 0 Å². The second kappa shape index (κ2) is 7.07. The molecule has 0 saturated carbocycles. The fourth-order valence-corrected chi connectivity index (χ4v) is 2.12. The van der Waals surface area contributed by atoms with Crippen LogP contribution in [0.25, 0.3) is 0 Å². The molecule has 2 aromatic carbocycles. The Labute approximate surface area is 115 Å². The van der Waals surface area contributed by atoms with Gasteiger partial charge in [0.25, 0.3) is 0 Å². The van der Waals surface area contributed by atoms with Crippen LogP contribution in [0.5, 0.6) is 0 Å². The van der Waals surface area contributed by atoms with Crippen LogP contribution in [0.4, 0.5) is 0 Å². The zero-order valence-corrected chi connectivity index (χ0v) is 11.6. The Morgan fingerprint density at radius 3 is 2.42 bits per heavy atom. The number of aryl methyl sites for hydroxylation is 1. The van der Waals surface area contributed by atoms with Crippen LogP contribution in [-0.2, 0) is 4.74 Å². The van der Waals surface area contributed by atoms with E-state index in [9.17, 15) is 0 Å². The third kappa shape index (κ3) is 3.91. The van der Waals surface area contributed by atoms with Crippen molar-refractivity contribution in [2.75, 3.05) is 20.2 Å². The highest BCUT2D eigenvalue weighted by molar-refractivity contribution is 5.32. The molecule has 2 aromatic rings. The Balaban J connectivity index is 2.24. The van der Waals surface area contributed by atoms with Crippen LogP contribution in [0.3, 0.4) is 0 Å². The van der Waals surface area contributed by atoms with Gasteiger partial charge in [0.1, 0.15) is 6.10 Å². The lowest BCUT2D eigenvalue weighted by Gasteiger charge is -2.19. The summed E-state index contributed by atoms with van der Waals surface area (Å²) in [4.78, 5) is 0. The summed E-state index contributed by atoms with van der Waals surface area (Å²) in [5, 5.41) is 3.11. The zero-order chi connectivity index (χ0) is 13.5. The third-order valence-corrected chi connectivity index (χ3v) is 3.08. The number of ether oxygens (including phenoxy) is 1. The maximum Gasteiger partial charge on any atom is 0.108 e. The molecule has 0 radical (unpaired) electrons. The first kappa shape index (κ1) is 13.8. The predicted molar refractivity (Wildman–Crippen MR) is 79.3 cm³/mol. The highest BCUT2D eigenvalue weighted by Gasteiger charge is 2.14. The van der Waals surface area contributed by atoms with Gasteiger partial charge >= 0.3 is 0 Å². The van der Waals surface area contributed by atoms with Crippen molar-refractivity contribution in [3.63, 3.8) is 0 Å². The van der Waals surface area contributed by atoms with Crippen molar-refractivity contribution < 1.29 is 4.74 Å². The molecule has 0 heterocycles. The van der Waals surface area contributed by atoms with Gasteiger partial charge < -0.3 is 10.1 Å². The largest absolute Gasteiger partial charge is 0.367 e. The predicted octanol–water partition coefficient (Wildman–Crippen LogP) is 3.32. The minimum absolute atomic E-state index is 0.00875. The Kier molecular flexibility index (Phi) is 5.13. The highest BCUT2D eigenvalue weighted by atomic mass is 16.5. The summed E-state index contributed by atoms with van der Waals surface area (Å²) in [5.74, 6) is 0. The molecular weight excluding hydrogens is 234 g/mol. The normalized spacial score (nSPS) is 12.3. The molecule has 1 atom stereocenters. The number of likely N-dealkylation sites (N-methyl/N-ethyl adjacent to an activating group) is 1. The molecule has 2 nitrogen and oxygen atoms in total. The van der Waals surface area contributed by atoms with Gasteiger partial charge in [0.15, 0.2) is 0 Å². The maximum atomic E-state index is 6.05. The van der Waals surface area contributed by atoms with Crippen molar-refractivity contribution in [2.24, 2.45) is 0 Å². The Morgan fingerprint density at radius 1 is 1.00 bits per heavy atom. The summed E-state index contributed by atoms with van der Waals surface area (Å²) in [6.07, 6.45) is 0.00875. The van der Waals surface area contributed by atoms with Crippen molar-refractivity contribution in [1.82, 2.24) is 5.32 Å². The summed E-state index contributed by atoms with van der Waals surface area (Å²) < 4.78 is 6.05. The van der Waals surface area contributed by atoms with E-state index in [1.165, 1.54) is 16.7 Å². The molecule has 19 heavy (non-hydrogen) atoms. The number of hydrogen-bond donors (Lipinski definition) is 1. The summed E-state index contributed by atoms with van der Waals surface area (Å²) in [6.45, 7) is 3.66. The van der Waals surface area contributed by atoms with Gasteiger partial charge in [-0.15, -0.1) is 0 Å². The van der Waals surface area contributed by atoms with E-state index in [0.717, 1.165) is 6.54 Å². The topological polar surface area (TPSA) is 21.3 Å². The second-order valence-corrected chi connectivity index (χ2v) is 4.68. The van der Waals surface area contributed by atoms with E-state index in [1.807, 2.05) is 13.1 Å². The SMILES string of the molecule is CNCCOC(c1ccccc1)c1cccc(C)c1. The van der Waals surface area contributed by atoms with E-state index in [0.29, 0.717) is 6.61 Å². The van der Waals surface area contributed by atoms with Gasteiger partial charge in [0, 0.05) is 6.54 Å². The van der Waals surface area contributed by atoms with E-state index < -0.39 is 0 Å². The van der Waals surface area contributed by atoms with E-state index >= 15 is 0 Å². The molecule has 2 rings (SSSR count). The van der Waals surface area contributed by atoms with E-state index in [2.05, 4.69) is 60.8 Å². The second-order valence-electron chi connectivity index (χ2n) is 4.68. The molecular formula is C17H21NO. The first-order valence-corrected chi connectivity index (χ1v) is 6.69. The standard InChI is InChI=1S/C17H21NO/c1-14-7-6-10-16(13-14)17(19-12-11-18-2)15-8-4-3-5-9-15/h3-10,13,17-18H,11-12H2,1-2H3. The number of rotatable bonds is 6. The van der Waals surface area contributed by atoms with Crippen LogP contribution in [0, 0.1) is 6.92 Å². The molecule has 1 unspecified atom stereocenters. The van der Waals surface area contributed by atoms with Gasteiger partial charge in [0.05, 0.1) is 6.61 Å². The third-order valence-electron chi connectivity index (χ3n) is 3.08. The minimum Gasteiger partial charge on any atom is -0.367 e. The van der Waals surface area contributed by atoms with Gasteiger partial charge in [-0.05, 0) is 25.1 Å². The lowest BCUT2D eigenvalue weighted by molar-refractivity contribution is 0.0830. The van der Waals surface area contributed by atoms with Crippen LogP contribution in [0.2, 0.25) is 0 Å². The van der Waals surface area contributed by atoms with Crippen LogP contribution in [-0.4, -0.2) is 20.2 Å². The van der Waals surface area contributed by atoms with Crippen molar-refractivity contribution >= 4 is 0 Å². The van der Waals surface area contributed by atoms with Gasteiger partial charge in [0.2, 0.25) is 0 Å². The number of benzene rings is 2. The molecule has 0 amide bonds. The Bertz CT molecular complexity index is 496. The van der Waals surface area contributed by atoms with Crippen LogP contribution in [0.1, 0.15) is 22.8 Å². The lowest BCUT2D eigenvalue weighted by atomic mass is 10.00. The molecule has 0 bridgehead atoms.